The van der Waals surface area contributed by atoms with Crippen LogP contribution in [0.25, 0.3) is 16.9 Å². The largest absolute Gasteiger partial charge is 0.320 e. The van der Waals surface area contributed by atoms with Gasteiger partial charge in [0, 0.05) is 34.2 Å². The number of hydrogen-bond donors (Lipinski definition) is 2. The molecule has 2 heterocycles. The third kappa shape index (κ3) is 3.95. The van der Waals surface area contributed by atoms with Crippen molar-refractivity contribution in [1.82, 2.24) is 20.0 Å². The lowest BCUT2D eigenvalue weighted by molar-refractivity contribution is 0.101. The van der Waals surface area contributed by atoms with Crippen molar-refractivity contribution in [3.8, 4) is 16.9 Å². The highest BCUT2D eigenvalue weighted by Crippen LogP contribution is 2.20. The van der Waals surface area contributed by atoms with Gasteiger partial charge < -0.3 is 5.32 Å². The smallest absolute Gasteiger partial charge is 0.280 e. The number of amides is 1. The zero-order valence-electron chi connectivity index (χ0n) is 15.4. The molecule has 0 unspecified atom stereocenters. The summed E-state index contributed by atoms with van der Waals surface area (Å²) in [6.07, 6.45) is 1.65. The number of nitrogens with zero attached hydrogens (tertiary/aromatic N) is 3. The third-order valence-electron chi connectivity index (χ3n) is 4.33. The highest BCUT2D eigenvalue weighted by molar-refractivity contribution is 6.30. The first-order valence-corrected chi connectivity index (χ1v) is 9.17. The van der Waals surface area contributed by atoms with Gasteiger partial charge in [0.05, 0.1) is 11.4 Å². The first-order valence-electron chi connectivity index (χ1n) is 8.79. The molecule has 0 bridgehead atoms. The van der Waals surface area contributed by atoms with Gasteiger partial charge in [-0.1, -0.05) is 23.7 Å². The SMILES string of the molecule is Cc1cc(=O)c(C(=O)Nc2cccc(-c3ccn[nH]3)c2)nn1-c1ccc(Cl)cc1. The summed E-state index contributed by atoms with van der Waals surface area (Å²) in [6, 6.07) is 17.4. The molecule has 144 valence electrons. The zero-order chi connectivity index (χ0) is 20.4. The number of aromatic nitrogens is 4. The molecular weight excluding hydrogens is 390 g/mol. The lowest BCUT2D eigenvalue weighted by Gasteiger charge is -2.12. The normalized spacial score (nSPS) is 10.7. The summed E-state index contributed by atoms with van der Waals surface area (Å²) in [5.41, 5.74) is 2.88. The minimum absolute atomic E-state index is 0.197. The molecule has 0 spiro atoms. The lowest BCUT2D eigenvalue weighted by Crippen LogP contribution is -2.26. The topological polar surface area (TPSA) is 92.7 Å². The predicted octanol–water partition coefficient (Wildman–Crippen LogP) is 3.84. The van der Waals surface area contributed by atoms with Crippen LogP contribution in [0.1, 0.15) is 16.2 Å². The van der Waals surface area contributed by atoms with E-state index in [1.54, 1.807) is 55.6 Å². The van der Waals surface area contributed by atoms with Gasteiger partial charge in [0.15, 0.2) is 5.69 Å². The van der Waals surface area contributed by atoms with Gasteiger partial charge in [-0.05, 0) is 49.4 Å². The Morgan fingerprint density at radius 1 is 1.10 bits per heavy atom. The van der Waals surface area contributed by atoms with E-state index >= 15 is 0 Å². The molecule has 0 aliphatic heterocycles. The second-order valence-electron chi connectivity index (χ2n) is 6.39. The van der Waals surface area contributed by atoms with Crippen LogP contribution < -0.4 is 10.7 Å². The molecule has 4 aromatic rings. The maximum Gasteiger partial charge on any atom is 0.280 e. The second-order valence-corrected chi connectivity index (χ2v) is 6.83. The summed E-state index contributed by atoms with van der Waals surface area (Å²) in [7, 11) is 0. The summed E-state index contributed by atoms with van der Waals surface area (Å²) in [6.45, 7) is 1.75. The molecule has 29 heavy (non-hydrogen) atoms. The molecule has 2 aromatic heterocycles. The Kier molecular flexibility index (Phi) is 4.97. The second kappa shape index (κ2) is 7.73. The standard InChI is InChI=1S/C21H16ClN5O2/c1-13-11-19(28)20(26-27(13)17-7-5-15(22)6-8-17)21(29)24-16-4-2-3-14(12-16)18-9-10-23-25-18/h2-12H,1H3,(H,23,25)(H,24,29). The van der Waals surface area contributed by atoms with E-state index in [2.05, 4.69) is 20.6 Å². The number of rotatable bonds is 4. The van der Waals surface area contributed by atoms with Crippen LogP contribution in [0.2, 0.25) is 5.02 Å². The summed E-state index contributed by atoms with van der Waals surface area (Å²) < 4.78 is 1.54. The zero-order valence-corrected chi connectivity index (χ0v) is 16.1. The molecule has 0 aliphatic rings. The Balaban J connectivity index is 1.65. The number of hydrogen-bond acceptors (Lipinski definition) is 4. The maximum atomic E-state index is 12.8. The number of benzene rings is 2. The molecule has 8 heteroatoms. The average Bonchev–Trinajstić information content (AvgIpc) is 3.24. The lowest BCUT2D eigenvalue weighted by atomic mass is 10.1. The summed E-state index contributed by atoms with van der Waals surface area (Å²) in [5.74, 6) is -0.584. The highest BCUT2D eigenvalue weighted by Gasteiger charge is 2.16. The molecule has 7 nitrogen and oxygen atoms in total. The van der Waals surface area contributed by atoms with E-state index in [1.807, 2.05) is 12.1 Å². The van der Waals surface area contributed by atoms with Crippen molar-refractivity contribution in [2.45, 2.75) is 6.92 Å². The molecule has 2 N–H and O–H groups in total. The molecule has 2 aromatic carbocycles. The molecular formula is C21H16ClN5O2. The number of aromatic amines is 1. The van der Waals surface area contributed by atoms with Crippen LogP contribution in [-0.4, -0.2) is 25.9 Å². The van der Waals surface area contributed by atoms with Gasteiger partial charge in [-0.25, -0.2) is 4.68 Å². The number of aryl methyl sites for hydroxylation is 1. The Bertz CT molecular complexity index is 1230. The van der Waals surface area contributed by atoms with Gasteiger partial charge in [-0.3, -0.25) is 14.7 Å². The van der Waals surface area contributed by atoms with E-state index in [0.29, 0.717) is 22.1 Å². The van der Waals surface area contributed by atoms with Crippen molar-refractivity contribution in [3.63, 3.8) is 0 Å². The van der Waals surface area contributed by atoms with Gasteiger partial charge in [-0.15, -0.1) is 0 Å². The summed E-state index contributed by atoms with van der Waals surface area (Å²) in [5, 5.41) is 14.4. The van der Waals surface area contributed by atoms with Crippen molar-refractivity contribution in [1.29, 1.82) is 0 Å². The van der Waals surface area contributed by atoms with Gasteiger partial charge in [0.1, 0.15) is 0 Å². The number of H-pyrrole nitrogens is 1. The fourth-order valence-electron chi connectivity index (χ4n) is 2.92. The predicted molar refractivity (Wildman–Crippen MR) is 112 cm³/mol. The maximum absolute atomic E-state index is 12.8. The third-order valence-corrected chi connectivity index (χ3v) is 4.58. The van der Waals surface area contributed by atoms with E-state index in [1.165, 1.54) is 10.7 Å². The number of nitrogens with one attached hydrogen (secondary N) is 2. The van der Waals surface area contributed by atoms with Gasteiger partial charge >= 0.3 is 0 Å². The molecule has 0 atom stereocenters. The molecule has 0 aliphatic carbocycles. The number of carbonyl (C=O) groups is 1. The molecule has 0 fully saturated rings. The van der Waals surface area contributed by atoms with Crippen LogP contribution in [0.4, 0.5) is 5.69 Å². The van der Waals surface area contributed by atoms with Crippen LogP contribution in [0.3, 0.4) is 0 Å². The van der Waals surface area contributed by atoms with Crippen molar-refractivity contribution in [2.24, 2.45) is 0 Å². The Hall–Kier alpha value is -3.71. The first kappa shape index (κ1) is 18.6. The molecule has 0 radical (unpaired) electrons. The van der Waals surface area contributed by atoms with E-state index in [9.17, 15) is 9.59 Å². The summed E-state index contributed by atoms with van der Waals surface area (Å²) in [4.78, 5) is 25.1. The minimum atomic E-state index is -0.584. The van der Waals surface area contributed by atoms with E-state index in [-0.39, 0.29) is 5.69 Å². The van der Waals surface area contributed by atoms with Crippen molar-refractivity contribution in [3.05, 3.63) is 93.5 Å². The van der Waals surface area contributed by atoms with Crippen molar-refractivity contribution in [2.75, 3.05) is 5.32 Å². The number of halogens is 1. The van der Waals surface area contributed by atoms with Crippen LogP contribution >= 0.6 is 11.6 Å². The fourth-order valence-corrected chi connectivity index (χ4v) is 3.05. The monoisotopic (exact) mass is 405 g/mol. The molecule has 0 saturated carbocycles. The fraction of sp³-hybridized carbons (Fsp3) is 0.0476. The minimum Gasteiger partial charge on any atom is -0.320 e. The van der Waals surface area contributed by atoms with Crippen LogP contribution in [0.5, 0.6) is 0 Å². The van der Waals surface area contributed by atoms with E-state index < -0.39 is 11.3 Å². The van der Waals surface area contributed by atoms with Crippen LogP contribution in [0.15, 0.2) is 71.7 Å². The quantitative estimate of drug-likeness (QED) is 0.539. The Morgan fingerprint density at radius 3 is 2.62 bits per heavy atom. The first-order chi connectivity index (χ1) is 14.0. The van der Waals surface area contributed by atoms with Gasteiger partial charge in [0.25, 0.3) is 5.91 Å². The number of carbonyl (C=O) groups excluding carboxylic acids is 1. The summed E-state index contributed by atoms with van der Waals surface area (Å²) >= 11 is 5.94. The Labute approximate surface area is 171 Å². The van der Waals surface area contributed by atoms with Gasteiger partial charge in [0.2, 0.25) is 5.43 Å². The molecule has 1 amide bonds. The van der Waals surface area contributed by atoms with Crippen molar-refractivity contribution >= 4 is 23.2 Å². The molecule has 0 saturated heterocycles. The van der Waals surface area contributed by atoms with E-state index in [4.69, 9.17) is 11.6 Å². The highest BCUT2D eigenvalue weighted by atomic mass is 35.5. The number of anilines is 1. The molecule has 4 rings (SSSR count). The van der Waals surface area contributed by atoms with Crippen LogP contribution in [-0.2, 0) is 0 Å². The van der Waals surface area contributed by atoms with Gasteiger partial charge in [-0.2, -0.15) is 10.2 Å². The van der Waals surface area contributed by atoms with Crippen LogP contribution in [0, 0.1) is 6.92 Å². The van der Waals surface area contributed by atoms with E-state index in [0.717, 1.165) is 11.3 Å². The van der Waals surface area contributed by atoms with Crippen molar-refractivity contribution < 1.29 is 4.79 Å². The average molecular weight is 406 g/mol. The Morgan fingerprint density at radius 2 is 1.90 bits per heavy atom.